The maximum absolute atomic E-state index is 2.53. The highest BCUT2D eigenvalue weighted by atomic mass is 15.0. The van der Waals surface area contributed by atoms with E-state index in [1.807, 2.05) is 0 Å². The second-order valence-corrected chi connectivity index (χ2v) is 12.9. The summed E-state index contributed by atoms with van der Waals surface area (Å²) in [6.45, 7) is 4.80. The summed E-state index contributed by atoms with van der Waals surface area (Å²) in [6.07, 6.45) is 0. The van der Waals surface area contributed by atoms with Gasteiger partial charge in [0.25, 0.3) is 0 Å². The molecule has 9 aromatic rings. The highest BCUT2D eigenvalue weighted by Gasteiger charge is 2.40. The maximum atomic E-state index is 2.53. The second kappa shape index (κ2) is 8.74. The quantitative estimate of drug-likeness (QED) is 0.194. The van der Waals surface area contributed by atoms with Gasteiger partial charge in [0.2, 0.25) is 0 Å². The predicted molar refractivity (Wildman–Crippen MR) is 190 cm³/mol. The van der Waals surface area contributed by atoms with Crippen LogP contribution in [-0.4, -0.2) is 9.13 Å². The standard InChI is InChI=1S/C43H30N2/c1-43(2)35-19-9-5-17-33(35)39-31-15-3-4-16-32(31)40-34-18-8-12-22-38(34)45(42(40)41(39)43)28-25-23-27(24-26-28)44-36-20-10-6-13-29(36)30-14-7-11-21-37(30)44/h3-26H,1-2H3. The Morgan fingerprint density at radius 1 is 0.422 bits per heavy atom. The van der Waals surface area contributed by atoms with Crippen molar-refractivity contribution in [1.29, 1.82) is 0 Å². The molecular formula is C43H30N2. The van der Waals surface area contributed by atoms with E-state index in [0.29, 0.717) is 0 Å². The lowest BCUT2D eigenvalue weighted by atomic mass is 9.80. The number of rotatable bonds is 2. The minimum Gasteiger partial charge on any atom is -0.309 e. The van der Waals surface area contributed by atoms with Crippen LogP contribution in [0.25, 0.3) is 76.9 Å². The zero-order valence-corrected chi connectivity index (χ0v) is 25.3. The average Bonchev–Trinajstić information content (AvgIpc) is 3.69. The first kappa shape index (κ1) is 24.8. The van der Waals surface area contributed by atoms with Crippen LogP contribution < -0.4 is 0 Å². The molecule has 0 N–H and O–H groups in total. The van der Waals surface area contributed by atoms with Gasteiger partial charge in [0, 0.05) is 38.3 Å². The Morgan fingerprint density at radius 2 is 0.889 bits per heavy atom. The van der Waals surface area contributed by atoms with E-state index < -0.39 is 0 Å². The highest BCUT2D eigenvalue weighted by molar-refractivity contribution is 6.27. The Labute approximate surface area is 261 Å². The lowest BCUT2D eigenvalue weighted by molar-refractivity contribution is 0.664. The van der Waals surface area contributed by atoms with Gasteiger partial charge in [-0.3, -0.25) is 0 Å². The zero-order chi connectivity index (χ0) is 29.9. The number of aromatic nitrogens is 2. The van der Waals surface area contributed by atoms with Crippen LogP contribution in [0.1, 0.15) is 25.0 Å². The van der Waals surface area contributed by atoms with Crippen molar-refractivity contribution >= 4 is 54.4 Å². The molecule has 212 valence electrons. The Balaban J connectivity index is 1.31. The Bertz CT molecular complexity index is 2610. The van der Waals surface area contributed by atoms with Gasteiger partial charge in [0.15, 0.2) is 0 Å². The molecule has 7 aromatic carbocycles. The van der Waals surface area contributed by atoms with Gasteiger partial charge in [-0.05, 0) is 75.5 Å². The lowest BCUT2D eigenvalue weighted by Crippen LogP contribution is -2.16. The third-order valence-corrected chi connectivity index (χ3v) is 10.3. The lowest BCUT2D eigenvalue weighted by Gasteiger charge is -2.24. The van der Waals surface area contributed by atoms with Crippen molar-refractivity contribution in [2.45, 2.75) is 19.3 Å². The molecule has 2 heterocycles. The summed E-state index contributed by atoms with van der Waals surface area (Å²) in [7, 11) is 0. The smallest absolute Gasteiger partial charge is 0.0594 e. The van der Waals surface area contributed by atoms with Gasteiger partial charge in [-0.1, -0.05) is 117 Å². The van der Waals surface area contributed by atoms with E-state index >= 15 is 0 Å². The number of hydrogen-bond donors (Lipinski definition) is 0. The summed E-state index contributed by atoms with van der Waals surface area (Å²) in [6, 6.07) is 53.6. The molecule has 0 fully saturated rings. The molecule has 0 saturated carbocycles. The predicted octanol–water partition coefficient (Wildman–Crippen LogP) is 11.3. The number of benzene rings is 7. The van der Waals surface area contributed by atoms with Crippen LogP contribution in [0.4, 0.5) is 0 Å². The number of nitrogens with zero attached hydrogens (tertiary/aromatic N) is 2. The zero-order valence-electron chi connectivity index (χ0n) is 25.3. The van der Waals surface area contributed by atoms with Crippen LogP contribution in [0.2, 0.25) is 0 Å². The van der Waals surface area contributed by atoms with Gasteiger partial charge >= 0.3 is 0 Å². The van der Waals surface area contributed by atoms with Crippen LogP contribution in [0.15, 0.2) is 146 Å². The molecule has 0 radical (unpaired) electrons. The first-order valence-corrected chi connectivity index (χ1v) is 15.8. The topological polar surface area (TPSA) is 9.86 Å². The minimum absolute atomic E-state index is 0.150. The SMILES string of the molecule is CC1(C)c2ccccc2-c2c1c1c(c3ccccc23)c2ccccc2n1-c1ccc(-n2c3ccccc3c3ccccc32)cc1. The number of hydrogen-bond acceptors (Lipinski definition) is 0. The molecule has 2 heteroatoms. The molecule has 0 atom stereocenters. The molecule has 0 unspecified atom stereocenters. The monoisotopic (exact) mass is 574 g/mol. The third kappa shape index (κ3) is 3.13. The van der Waals surface area contributed by atoms with Crippen LogP contribution in [0.5, 0.6) is 0 Å². The maximum Gasteiger partial charge on any atom is 0.0594 e. The van der Waals surface area contributed by atoms with Crippen molar-refractivity contribution in [1.82, 2.24) is 9.13 Å². The summed E-state index contributed by atoms with van der Waals surface area (Å²) < 4.78 is 4.92. The van der Waals surface area contributed by atoms with E-state index in [2.05, 4.69) is 169 Å². The fourth-order valence-electron chi connectivity index (χ4n) is 8.41. The van der Waals surface area contributed by atoms with E-state index in [9.17, 15) is 0 Å². The molecule has 0 amide bonds. The van der Waals surface area contributed by atoms with Crippen LogP contribution >= 0.6 is 0 Å². The summed E-state index contributed by atoms with van der Waals surface area (Å²) in [5.74, 6) is 0. The van der Waals surface area contributed by atoms with E-state index in [1.54, 1.807) is 0 Å². The van der Waals surface area contributed by atoms with Gasteiger partial charge in [0.05, 0.1) is 22.1 Å². The van der Waals surface area contributed by atoms with E-state index in [-0.39, 0.29) is 5.41 Å². The van der Waals surface area contributed by atoms with Crippen LogP contribution in [0.3, 0.4) is 0 Å². The largest absolute Gasteiger partial charge is 0.309 e. The molecule has 0 saturated heterocycles. The number of para-hydroxylation sites is 3. The molecule has 0 aliphatic heterocycles. The van der Waals surface area contributed by atoms with Crippen molar-refractivity contribution in [3.63, 3.8) is 0 Å². The Morgan fingerprint density at radius 3 is 1.53 bits per heavy atom. The van der Waals surface area contributed by atoms with Crippen molar-refractivity contribution in [2.75, 3.05) is 0 Å². The van der Waals surface area contributed by atoms with Crippen molar-refractivity contribution in [3.05, 3.63) is 157 Å². The van der Waals surface area contributed by atoms with Gasteiger partial charge in [0.1, 0.15) is 0 Å². The summed E-state index contributed by atoms with van der Waals surface area (Å²) in [5, 5.41) is 7.85. The highest BCUT2D eigenvalue weighted by Crippen LogP contribution is 2.56. The summed E-state index contributed by atoms with van der Waals surface area (Å²) >= 11 is 0. The van der Waals surface area contributed by atoms with Crippen molar-refractivity contribution < 1.29 is 0 Å². The van der Waals surface area contributed by atoms with Crippen LogP contribution in [0, 0.1) is 0 Å². The first-order valence-electron chi connectivity index (χ1n) is 15.8. The van der Waals surface area contributed by atoms with Crippen molar-refractivity contribution in [3.8, 4) is 22.5 Å². The van der Waals surface area contributed by atoms with Gasteiger partial charge in [-0.15, -0.1) is 0 Å². The molecule has 1 aliphatic rings. The molecule has 10 rings (SSSR count). The number of fused-ring (bicyclic) bond motifs is 13. The second-order valence-electron chi connectivity index (χ2n) is 12.9. The molecule has 1 aliphatic carbocycles. The first-order chi connectivity index (χ1) is 22.1. The molecule has 0 spiro atoms. The molecule has 2 nitrogen and oxygen atoms in total. The van der Waals surface area contributed by atoms with Gasteiger partial charge < -0.3 is 9.13 Å². The molecule has 0 bridgehead atoms. The van der Waals surface area contributed by atoms with Crippen molar-refractivity contribution in [2.24, 2.45) is 0 Å². The van der Waals surface area contributed by atoms with E-state index in [0.717, 1.165) is 0 Å². The third-order valence-electron chi connectivity index (χ3n) is 10.3. The summed E-state index contributed by atoms with van der Waals surface area (Å²) in [5.41, 5.74) is 12.8. The van der Waals surface area contributed by atoms with Crippen LogP contribution in [-0.2, 0) is 5.41 Å². The van der Waals surface area contributed by atoms with Gasteiger partial charge in [-0.2, -0.15) is 0 Å². The fourth-order valence-corrected chi connectivity index (χ4v) is 8.41. The Kier molecular flexibility index (Phi) is 4.82. The van der Waals surface area contributed by atoms with E-state index in [1.165, 1.54) is 88.0 Å². The normalized spacial score (nSPS) is 13.7. The molecule has 45 heavy (non-hydrogen) atoms. The minimum atomic E-state index is -0.150. The summed E-state index contributed by atoms with van der Waals surface area (Å²) in [4.78, 5) is 0. The Hall–Kier alpha value is -5.60. The van der Waals surface area contributed by atoms with E-state index in [4.69, 9.17) is 0 Å². The fraction of sp³-hybridized carbons (Fsp3) is 0.0698. The molecular weight excluding hydrogens is 544 g/mol. The van der Waals surface area contributed by atoms with Gasteiger partial charge in [-0.25, -0.2) is 0 Å². The average molecular weight is 575 g/mol. The molecule has 2 aromatic heterocycles.